The summed E-state index contributed by atoms with van der Waals surface area (Å²) in [6.45, 7) is 0.681. The number of alkyl halides is 3. The standard InChI is InChI=1S/C14H16F4N2O3/c15-12-10(14(16,17)18)2-1-3-11(12)19-13(22)20-4-5-23-8-9(6-20)7-21/h1-3,9,21H,4-8H2,(H,19,22). The van der Waals surface area contributed by atoms with Gasteiger partial charge in [-0.3, -0.25) is 0 Å². The fourth-order valence-electron chi connectivity index (χ4n) is 2.22. The van der Waals surface area contributed by atoms with Crippen molar-refractivity contribution < 1.29 is 32.2 Å². The van der Waals surface area contributed by atoms with Crippen molar-refractivity contribution in [3.8, 4) is 0 Å². The molecular weight excluding hydrogens is 320 g/mol. The highest BCUT2D eigenvalue weighted by atomic mass is 19.4. The van der Waals surface area contributed by atoms with Crippen molar-refractivity contribution >= 4 is 11.7 Å². The lowest BCUT2D eigenvalue weighted by atomic mass is 10.1. The number of hydrogen-bond acceptors (Lipinski definition) is 3. The molecule has 2 rings (SSSR count). The van der Waals surface area contributed by atoms with E-state index >= 15 is 0 Å². The van der Waals surface area contributed by atoms with Gasteiger partial charge >= 0.3 is 12.2 Å². The molecule has 1 fully saturated rings. The Labute approximate surface area is 129 Å². The monoisotopic (exact) mass is 336 g/mol. The molecule has 0 saturated carbocycles. The number of aliphatic hydroxyl groups is 1. The van der Waals surface area contributed by atoms with Crippen LogP contribution in [0.4, 0.5) is 28.0 Å². The molecule has 1 atom stereocenters. The summed E-state index contributed by atoms with van der Waals surface area (Å²) in [5, 5.41) is 11.3. The fraction of sp³-hybridized carbons (Fsp3) is 0.500. The molecule has 5 nitrogen and oxygen atoms in total. The summed E-state index contributed by atoms with van der Waals surface area (Å²) in [6, 6.07) is 1.93. The predicted molar refractivity (Wildman–Crippen MR) is 73.4 cm³/mol. The topological polar surface area (TPSA) is 61.8 Å². The summed E-state index contributed by atoms with van der Waals surface area (Å²) in [4.78, 5) is 13.4. The van der Waals surface area contributed by atoms with Crippen molar-refractivity contribution in [2.45, 2.75) is 6.18 Å². The number of carbonyl (C=O) groups is 1. The molecule has 1 heterocycles. The summed E-state index contributed by atoms with van der Waals surface area (Å²) in [7, 11) is 0. The first kappa shape index (κ1) is 17.5. The number of benzene rings is 1. The van der Waals surface area contributed by atoms with E-state index in [2.05, 4.69) is 5.32 Å². The minimum Gasteiger partial charge on any atom is -0.396 e. The Hall–Kier alpha value is -1.87. The third-order valence-electron chi connectivity index (χ3n) is 3.43. The molecule has 1 aromatic carbocycles. The summed E-state index contributed by atoms with van der Waals surface area (Å²) in [6.07, 6.45) is -4.84. The molecule has 1 unspecified atom stereocenters. The largest absolute Gasteiger partial charge is 0.419 e. The molecule has 1 aromatic rings. The van der Waals surface area contributed by atoms with Crippen LogP contribution in [0, 0.1) is 11.7 Å². The lowest BCUT2D eigenvalue weighted by molar-refractivity contribution is -0.139. The van der Waals surface area contributed by atoms with Crippen LogP contribution in [0.1, 0.15) is 5.56 Å². The highest BCUT2D eigenvalue weighted by Crippen LogP contribution is 2.33. The first-order valence-corrected chi connectivity index (χ1v) is 6.93. The van der Waals surface area contributed by atoms with Crippen LogP contribution in [0.15, 0.2) is 18.2 Å². The molecular formula is C14H16F4N2O3. The van der Waals surface area contributed by atoms with Gasteiger partial charge in [0.2, 0.25) is 0 Å². The van der Waals surface area contributed by atoms with Crippen molar-refractivity contribution in [2.24, 2.45) is 5.92 Å². The molecule has 128 valence electrons. The van der Waals surface area contributed by atoms with Crippen LogP contribution in [0.25, 0.3) is 0 Å². The quantitative estimate of drug-likeness (QED) is 0.815. The van der Waals surface area contributed by atoms with E-state index in [1.807, 2.05) is 0 Å². The highest BCUT2D eigenvalue weighted by Gasteiger charge is 2.35. The lowest BCUT2D eigenvalue weighted by Crippen LogP contribution is -2.39. The zero-order valence-electron chi connectivity index (χ0n) is 12.1. The molecule has 23 heavy (non-hydrogen) atoms. The van der Waals surface area contributed by atoms with E-state index in [0.29, 0.717) is 6.07 Å². The van der Waals surface area contributed by atoms with E-state index in [1.54, 1.807) is 0 Å². The van der Waals surface area contributed by atoms with Gasteiger partial charge in [-0.2, -0.15) is 13.2 Å². The Kier molecular flexibility index (Phi) is 5.42. The SMILES string of the molecule is O=C(Nc1cccc(C(F)(F)F)c1F)N1CCOCC(CO)C1. The number of rotatable bonds is 2. The Morgan fingerprint density at radius 3 is 2.83 bits per heavy atom. The molecule has 1 saturated heterocycles. The molecule has 0 aliphatic carbocycles. The van der Waals surface area contributed by atoms with E-state index in [9.17, 15) is 22.4 Å². The first-order chi connectivity index (χ1) is 10.8. The fourth-order valence-corrected chi connectivity index (χ4v) is 2.22. The number of nitrogens with one attached hydrogen (secondary N) is 1. The average Bonchev–Trinajstić information content (AvgIpc) is 2.73. The smallest absolute Gasteiger partial charge is 0.396 e. The van der Waals surface area contributed by atoms with Crippen molar-refractivity contribution in [3.63, 3.8) is 0 Å². The Bertz CT molecular complexity index is 565. The van der Waals surface area contributed by atoms with E-state index in [1.165, 1.54) is 4.90 Å². The third-order valence-corrected chi connectivity index (χ3v) is 3.43. The summed E-state index contributed by atoms with van der Waals surface area (Å²) in [5.41, 5.74) is -1.99. The second-order valence-corrected chi connectivity index (χ2v) is 5.16. The Morgan fingerprint density at radius 2 is 2.17 bits per heavy atom. The minimum absolute atomic E-state index is 0.170. The number of ether oxygens (including phenoxy) is 1. The van der Waals surface area contributed by atoms with Gasteiger partial charge in [0.25, 0.3) is 0 Å². The predicted octanol–water partition coefficient (Wildman–Crippen LogP) is 2.32. The first-order valence-electron chi connectivity index (χ1n) is 6.93. The maximum atomic E-state index is 13.9. The number of carbonyl (C=O) groups excluding carboxylic acids is 1. The lowest BCUT2D eigenvalue weighted by Gasteiger charge is -2.23. The van der Waals surface area contributed by atoms with E-state index < -0.39 is 29.3 Å². The highest BCUT2D eigenvalue weighted by molar-refractivity contribution is 5.89. The van der Waals surface area contributed by atoms with Crippen LogP contribution in [0.2, 0.25) is 0 Å². The number of nitrogens with zero attached hydrogens (tertiary/aromatic N) is 1. The Balaban J connectivity index is 2.14. The van der Waals surface area contributed by atoms with Gasteiger partial charge < -0.3 is 20.1 Å². The molecule has 1 aliphatic heterocycles. The maximum Gasteiger partial charge on any atom is 0.419 e. The summed E-state index contributed by atoms with van der Waals surface area (Å²) in [5.74, 6) is -1.83. The normalized spacial score (nSPS) is 19.3. The number of aliphatic hydroxyl groups excluding tert-OH is 1. The van der Waals surface area contributed by atoms with Gasteiger partial charge in [-0.1, -0.05) is 6.07 Å². The van der Waals surface area contributed by atoms with Gasteiger partial charge in [0.1, 0.15) is 0 Å². The number of urea groups is 1. The van der Waals surface area contributed by atoms with Crippen LogP contribution in [0.3, 0.4) is 0 Å². The van der Waals surface area contributed by atoms with Crippen LogP contribution in [-0.2, 0) is 10.9 Å². The van der Waals surface area contributed by atoms with Crippen LogP contribution >= 0.6 is 0 Å². The van der Waals surface area contributed by atoms with E-state index in [4.69, 9.17) is 9.84 Å². The molecule has 9 heteroatoms. The van der Waals surface area contributed by atoms with Crippen molar-refractivity contribution in [2.75, 3.05) is 38.2 Å². The number of amides is 2. The molecule has 1 aliphatic rings. The van der Waals surface area contributed by atoms with Gasteiger partial charge in [-0.25, -0.2) is 9.18 Å². The Morgan fingerprint density at radius 1 is 1.43 bits per heavy atom. The van der Waals surface area contributed by atoms with Crippen molar-refractivity contribution in [1.29, 1.82) is 0 Å². The second-order valence-electron chi connectivity index (χ2n) is 5.16. The van der Waals surface area contributed by atoms with Crippen molar-refractivity contribution in [1.82, 2.24) is 4.90 Å². The number of anilines is 1. The van der Waals surface area contributed by atoms with Gasteiger partial charge in [-0.05, 0) is 12.1 Å². The zero-order valence-corrected chi connectivity index (χ0v) is 12.1. The molecule has 0 spiro atoms. The molecule has 0 radical (unpaired) electrons. The second kappa shape index (κ2) is 7.14. The molecule has 2 N–H and O–H groups in total. The van der Waals surface area contributed by atoms with E-state index in [-0.39, 0.29) is 38.8 Å². The molecule has 0 aromatic heterocycles. The van der Waals surface area contributed by atoms with Crippen LogP contribution in [0.5, 0.6) is 0 Å². The third kappa shape index (κ3) is 4.32. The van der Waals surface area contributed by atoms with Crippen molar-refractivity contribution in [3.05, 3.63) is 29.6 Å². The zero-order chi connectivity index (χ0) is 17.0. The number of halogens is 4. The van der Waals surface area contributed by atoms with Gasteiger partial charge in [0.15, 0.2) is 5.82 Å². The van der Waals surface area contributed by atoms with Gasteiger partial charge in [0.05, 0.1) is 24.5 Å². The summed E-state index contributed by atoms with van der Waals surface area (Å²) < 4.78 is 57.1. The molecule has 2 amide bonds. The molecule has 0 bridgehead atoms. The minimum atomic E-state index is -4.84. The number of hydrogen-bond donors (Lipinski definition) is 2. The van der Waals surface area contributed by atoms with Gasteiger partial charge in [0, 0.05) is 25.6 Å². The van der Waals surface area contributed by atoms with Gasteiger partial charge in [-0.15, -0.1) is 0 Å². The maximum absolute atomic E-state index is 13.9. The summed E-state index contributed by atoms with van der Waals surface area (Å²) >= 11 is 0. The van der Waals surface area contributed by atoms with Crippen LogP contribution < -0.4 is 5.32 Å². The van der Waals surface area contributed by atoms with Crippen LogP contribution in [-0.4, -0.2) is 48.9 Å². The average molecular weight is 336 g/mol. The van der Waals surface area contributed by atoms with E-state index in [0.717, 1.165) is 12.1 Å².